The SMILES string of the molecule is CC[C@H](C)[C@H](NC(=O)OC(C)(C)C)[C@@H](O)C(=O)OC. The van der Waals surface area contributed by atoms with Gasteiger partial charge in [0.25, 0.3) is 0 Å². The molecule has 0 aliphatic rings. The molecule has 6 heteroatoms. The van der Waals surface area contributed by atoms with E-state index in [1.165, 1.54) is 7.11 Å². The maximum atomic E-state index is 11.7. The van der Waals surface area contributed by atoms with Gasteiger partial charge < -0.3 is 19.9 Å². The summed E-state index contributed by atoms with van der Waals surface area (Å²) in [5.74, 6) is -0.872. The number of esters is 1. The van der Waals surface area contributed by atoms with Crippen LogP contribution in [0.15, 0.2) is 0 Å². The Labute approximate surface area is 114 Å². The molecule has 2 N–H and O–H groups in total. The Kier molecular flexibility index (Phi) is 6.83. The fourth-order valence-electron chi connectivity index (χ4n) is 1.50. The van der Waals surface area contributed by atoms with Gasteiger partial charge in [0.15, 0.2) is 6.10 Å². The van der Waals surface area contributed by atoms with Crippen molar-refractivity contribution in [3.8, 4) is 0 Å². The van der Waals surface area contributed by atoms with E-state index < -0.39 is 29.8 Å². The molecule has 3 atom stereocenters. The Morgan fingerprint density at radius 1 is 1.32 bits per heavy atom. The molecular formula is C13H25NO5. The van der Waals surface area contributed by atoms with Crippen LogP contribution in [-0.4, -0.2) is 42.0 Å². The molecule has 0 spiro atoms. The zero-order valence-electron chi connectivity index (χ0n) is 12.5. The number of aliphatic hydroxyl groups excluding tert-OH is 1. The summed E-state index contributed by atoms with van der Waals surface area (Å²) in [6.45, 7) is 8.94. The minimum absolute atomic E-state index is 0.0957. The summed E-state index contributed by atoms with van der Waals surface area (Å²) in [6.07, 6.45) is -1.39. The van der Waals surface area contributed by atoms with E-state index in [-0.39, 0.29) is 5.92 Å². The molecule has 112 valence electrons. The molecule has 0 rings (SSSR count). The lowest BCUT2D eigenvalue weighted by molar-refractivity contribution is -0.152. The third-order valence-corrected chi connectivity index (χ3v) is 2.72. The number of hydrogen-bond acceptors (Lipinski definition) is 5. The highest BCUT2D eigenvalue weighted by atomic mass is 16.6. The number of methoxy groups -OCH3 is 1. The minimum atomic E-state index is -1.41. The fraction of sp³-hybridized carbons (Fsp3) is 0.846. The second-order valence-corrected chi connectivity index (χ2v) is 5.53. The number of carbonyl (C=O) groups is 2. The van der Waals surface area contributed by atoms with Crippen LogP contribution in [0.5, 0.6) is 0 Å². The molecule has 0 unspecified atom stereocenters. The molecule has 0 fully saturated rings. The predicted octanol–water partition coefficient (Wildman–Crippen LogP) is 1.46. The molecule has 0 heterocycles. The summed E-state index contributed by atoms with van der Waals surface area (Å²) < 4.78 is 9.60. The monoisotopic (exact) mass is 275 g/mol. The van der Waals surface area contributed by atoms with Crippen LogP contribution < -0.4 is 5.32 Å². The van der Waals surface area contributed by atoms with Crippen LogP contribution in [0.2, 0.25) is 0 Å². The summed E-state index contributed by atoms with van der Waals surface area (Å²) in [4.78, 5) is 23.1. The Bertz CT molecular complexity index is 311. The molecule has 0 aromatic rings. The second-order valence-electron chi connectivity index (χ2n) is 5.53. The molecule has 0 radical (unpaired) electrons. The van der Waals surface area contributed by atoms with Gasteiger partial charge in [-0.15, -0.1) is 0 Å². The van der Waals surface area contributed by atoms with Crippen LogP contribution in [0.1, 0.15) is 41.0 Å². The zero-order valence-corrected chi connectivity index (χ0v) is 12.5. The van der Waals surface area contributed by atoms with Gasteiger partial charge in [0.1, 0.15) is 5.60 Å². The van der Waals surface area contributed by atoms with Crippen molar-refractivity contribution >= 4 is 12.1 Å². The number of hydrogen-bond donors (Lipinski definition) is 2. The van der Waals surface area contributed by atoms with E-state index in [0.717, 1.165) is 0 Å². The van der Waals surface area contributed by atoms with Crippen molar-refractivity contribution in [2.45, 2.75) is 58.8 Å². The number of nitrogens with one attached hydrogen (secondary N) is 1. The average molecular weight is 275 g/mol. The quantitative estimate of drug-likeness (QED) is 0.742. The Morgan fingerprint density at radius 3 is 2.21 bits per heavy atom. The largest absolute Gasteiger partial charge is 0.467 e. The highest BCUT2D eigenvalue weighted by Gasteiger charge is 2.33. The Balaban J connectivity index is 4.78. The highest BCUT2D eigenvalue weighted by Crippen LogP contribution is 2.14. The van der Waals surface area contributed by atoms with Crippen molar-refractivity contribution in [1.29, 1.82) is 0 Å². The van der Waals surface area contributed by atoms with Crippen molar-refractivity contribution in [3.05, 3.63) is 0 Å². The molecule has 19 heavy (non-hydrogen) atoms. The average Bonchev–Trinajstić information content (AvgIpc) is 2.30. The first-order valence-corrected chi connectivity index (χ1v) is 6.37. The van der Waals surface area contributed by atoms with E-state index in [9.17, 15) is 14.7 Å². The Morgan fingerprint density at radius 2 is 1.84 bits per heavy atom. The minimum Gasteiger partial charge on any atom is -0.467 e. The van der Waals surface area contributed by atoms with E-state index in [0.29, 0.717) is 6.42 Å². The third-order valence-electron chi connectivity index (χ3n) is 2.72. The van der Waals surface area contributed by atoms with Crippen LogP contribution >= 0.6 is 0 Å². The molecule has 0 aliphatic heterocycles. The number of rotatable bonds is 5. The first-order chi connectivity index (χ1) is 8.62. The number of amides is 1. The van der Waals surface area contributed by atoms with Gasteiger partial charge in [0.05, 0.1) is 13.2 Å². The van der Waals surface area contributed by atoms with Crippen LogP contribution in [0.25, 0.3) is 0 Å². The van der Waals surface area contributed by atoms with Crippen molar-refractivity contribution in [1.82, 2.24) is 5.32 Å². The van der Waals surface area contributed by atoms with Crippen LogP contribution in [-0.2, 0) is 14.3 Å². The summed E-state index contributed by atoms with van der Waals surface area (Å²) >= 11 is 0. The van der Waals surface area contributed by atoms with Gasteiger partial charge in [-0.1, -0.05) is 20.3 Å². The number of ether oxygens (including phenoxy) is 2. The van der Waals surface area contributed by atoms with Gasteiger partial charge in [0.2, 0.25) is 0 Å². The lowest BCUT2D eigenvalue weighted by Crippen LogP contribution is -2.51. The smallest absolute Gasteiger partial charge is 0.407 e. The second kappa shape index (κ2) is 7.33. The van der Waals surface area contributed by atoms with Crippen molar-refractivity contribution in [2.75, 3.05) is 7.11 Å². The van der Waals surface area contributed by atoms with E-state index in [1.54, 1.807) is 20.8 Å². The van der Waals surface area contributed by atoms with E-state index >= 15 is 0 Å². The van der Waals surface area contributed by atoms with Crippen LogP contribution in [0.4, 0.5) is 4.79 Å². The molecule has 0 aromatic heterocycles. The first-order valence-electron chi connectivity index (χ1n) is 6.37. The lowest BCUT2D eigenvalue weighted by atomic mass is 9.94. The molecule has 6 nitrogen and oxygen atoms in total. The molecule has 0 saturated heterocycles. The molecule has 0 bridgehead atoms. The van der Waals surface area contributed by atoms with E-state index in [1.807, 2.05) is 13.8 Å². The van der Waals surface area contributed by atoms with Crippen LogP contribution in [0.3, 0.4) is 0 Å². The van der Waals surface area contributed by atoms with Gasteiger partial charge in [-0.3, -0.25) is 0 Å². The molecule has 1 amide bonds. The molecular weight excluding hydrogens is 250 g/mol. The standard InChI is InChI=1S/C13H25NO5/c1-7-8(2)9(10(15)11(16)18-6)14-12(17)19-13(3,4)5/h8-10,15H,7H2,1-6H3,(H,14,17)/t8-,9-,10+/m0/s1. The van der Waals surface area contributed by atoms with Gasteiger partial charge in [-0.25, -0.2) is 9.59 Å². The third kappa shape index (κ3) is 6.42. The van der Waals surface area contributed by atoms with Crippen molar-refractivity contribution < 1.29 is 24.2 Å². The van der Waals surface area contributed by atoms with Crippen LogP contribution in [0, 0.1) is 5.92 Å². The summed E-state index contributed by atoms with van der Waals surface area (Å²) in [7, 11) is 1.19. The summed E-state index contributed by atoms with van der Waals surface area (Å²) in [5, 5.41) is 12.4. The molecule has 0 aromatic carbocycles. The fourth-order valence-corrected chi connectivity index (χ4v) is 1.50. The summed E-state index contributed by atoms with van der Waals surface area (Å²) in [5.41, 5.74) is -0.639. The van der Waals surface area contributed by atoms with E-state index in [4.69, 9.17) is 4.74 Å². The number of aliphatic hydroxyl groups is 1. The van der Waals surface area contributed by atoms with Crippen molar-refractivity contribution in [3.63, 3.8) is 0 Å². The number of carbonyl (C=O) groups excluding carboxylic acids is 2. The Hall–Kier alpha value is -1.30. The first kappa shape index (κ1) is 17.7. The molecule has 0 aliphatic carbocycles. The highest BCUT2D eigenvalue weighted by molar-refractivity contribution is 5.77. The number of alkyl carbamates (subject to hydrolysis) is 1. The van der Waals surface area contributed by atoms with Gasteiger partial charge in [-0.05, 0) is 26.7 Å². The molecule has 0 saturated carbocycles. The predicted molar refractivity (Wildman–Crippen MR) is 70.6 cm³/mol. The van der Waals surface area contributed by atoms with Crippen molar-refractivity contribution in [2.24, 2.45) is 5.92 Å². The van der Waals surface area contributed by atoms with E-state index in [2.05, 4.69) is 10.1 Å². The summed E-state index contributed by atoms with van der Waals surface area (Å²) in [6, 6.07) is -0.743. The van der Waals surface area contributed by atoms with Gasteiger partial charge in [0, 0.05) is 0 Å². The maximum Gasteiger partial charge on any atom is 0.407 e. The van der Waals surface area contributed by atoms with Gasteiger partial charge in [-0.2, -0.15) is 0 Å². The van der Waals surface area contributed by atoms with Gasteiger partial charge >= 0.3 is 12.1 Å². The normalized spacial score (nSPS) is 16.2. The topological polar surface area (TPSA) is 84.9 Å². The lowest BCUT2D eigenvalue weighted by Gasteiger charge is -2.29. The zero-order chi connectivity index (χ0) is 15.2. The maximum absolute atomic E-state index is 11.7.